The number of aliphatic hydroxyl groups excluding tert-OH is 1. The van der Waals surface area contributed by atoms with E-state index in [1.165, 1.54) is 12.0 Å². The molecule has 1 fully saturated rings. The van der Waals surface area contributed by atoms with Crippen molar-refractivity contribution < 1.29 is 34.0 Å². The van der Waals surface area contributed by atoms with E-state index in [1.807, 2.05) is 30.3 Å². The van der Waals surface area contributed by atoms with Crippen LogP contribution in [0.2, 0.25) is 0 Å². The van der Waals surface area contributed by atoms with E-state index in [0.29, 0.717) is 46.7 Å². The summed E-state index contributed by atoms with van der Waals surface area (Å²) in [6, 6.07) is 16.7. The Bertz CT molecular complexity index is 1400. The Kier molecular flexibility index (Phi) is 6.80. The molecule has 190 valence electrons. The number of phenols is 1. The Morgan fingerprint density at radius 1 is 1.05 bits per heavy atom. The first-order chi connectivity index (χ1) is 17.9. The van der Waals surface area contributed by atoms with Gasteiger partial charge in [-0.25, -0.2) is 0 Å². The van der Waals surface area contributed by atoms with E-state index in [9.17, 15) is 19.8 Å². The number of carbonyl (C=O) groups excluding carboxylic acids is 2. The molecule has 2 aliphatic rings. The van der Waals surface area contributed by atoms with Crippen molar-refractivity contribution in [1.29, 1.82) is 0 Å². The second kappa shape index (κ2) is 10.2. The maximum atomic E-state index is 13.4. The van der Waals surface area contributed by atoms with E-state index in [-0.39, 0.29) is 29.4 Å². The van der Waals surface area contributed by atoms with Crippen LogP contribution >= 0.6 is 15.9 Å². The highest BCUT2D eigenvalue weighted by molar-refractivity contribution is 9.10. The topological polar surface area (TPSA) is 106 Å². The van der Waals surface area contributed by atoms with Crippen molar-refractivity contribution in [2.75, 3.05) is 26.9 Å². The molecular weight excluding hydrogens is 542 g/mol. The summed E-state index contributed by atoms with van der Waals surface area (Å²) in [5.41, 5.74) is 1.75. The quantitative estimate of drug-likeness (QED) is 0.255. The van der Waals surface area contributed by atoms with Crippen LogP contribution < -0.4 is 14.2 Å². The van der Waals surface area contributed by atoms with Crippen LogP contribution in [0.5, 0.6) is 23.0 Å². The van der Waals surface area contributed by atoms with Gasteiger partial charge in [-0.15, -0.1) is 0 Å². The zero-order chi connectivity index (χ0) is 26.1. The van der Waals surface area contributed by atoms with E-state index >= 15 is 0 Å². The first-order valence-corrected chi connectivity index (χ1v) is 12.5. The molecule has 0 saturated carbocycles. The fourth-order valence-electron chi connectivity index (χ4n) is 4.60. The number of ketones is 1. The lowest BCUT2D eigenvalue weighted by Crippen LogP contribution is -2.31. The molecule has 0 aromatic heterocycles. The van der Waals surface area contributed by atoms with Crippen LogP contribution in [0.25, 0.3) is 5.76 Å². The number of hydrogen-bond donors (Lipinski definition) is 2. The molecule has 37 heavy (non-hydrogen) atoms. The molecule has 1 amide bonds. The van der Waals surface area contributed by atoms with Crippen molar-refractivity contribution in [2.24, 2.45) is 0 Å². The second-order valence-corrected chi connectivity index (χ2v) is 9.49. The summed E-state index contributed by atoms with van der Waals surface area (Å²) >= 11 is 3.33. The smallest absolute Gasteiger partial charge is 0.295 e. The molecule has 0 aliphatic carbocycles. The minimum absolute atomic E-state index is 0.0608. The summed E-state index contributed by atoms with van der Waals surface area (Å²) in [5.74, 6) is -0.812. The fraction of sp³-hybridized carbons (Fsp3) is 0.214. The van der Waals surface area contributed by atoms with Crippen LogP contribution in [0.4, 0.5) is 0 Å². The third kappa shape index (κ3) is 4.62. The minimum atomic E-state index is -0.914. The molecule has 0 bridgehead atoms. The number of carbonyl (C=O) groups is 2. The first kappa shape index (κ1) is 24.7. The van der Waals surface area contributed by atoms with Gasteiger partial charge in [0, 0.05) is 12.1 Å². The predicted octanol–water partition coefficient (Wildman–Crippen LogP) is 4.60. The number of rotatable bonds is 6. The molecule has 3 aromatic rings. The number of hydrogen-bond acceptors (Lipinski definition) is 7. The van der Waals surface area contributed by atoms with Gasteiger partial charge < -0.3 is 29.3 Å². The number of Topliss-reactive ketones (excluding diaryl/α,β-unsaturated/α-hetero) is 1. The van der Waals surface area contributed by atoms with E-state index in [1.54, 1.807) is 30.3 Å². The van der Waals surface area contributed by atoms with Crippen molar-refractivity contribution in [1.82, 2.24) is 4.90 Å². The predicted molar refractivity (Wildman–Crippen MR) is 139 cm³/mol. The molecule has 0 unspecified atom stereocenters. The lowest BCUT2D eigenvalue weighted by Gasteiger charge is -2.26. The van der Waals surface area contributed by atoms with Crippen LogP contribution in [0.15, 0.2) is 70.7 Å². The number of aliphatic hydroxyl groups is 1. The number of fused-ring (bicyclic) bond motifs is 1. The number of halogens is 1. The third-order valence-electron chi connectivity index (χ3n) is 6.43. The van der Waals surface area contributed by atoms with Gasteiger partial charge in [0.25, 0.3) is 11.7 Å². The van der Waals surface area contributed by atoms with Crippen molar-refractivity contribution in [3.05, 3.63) is 87.4 Å². The van der Waals surface area contributed by atoms with Crippen LogP contribution in [-0.4, -0.2) is 53.7 Å². The molecule has 9 heteroatoms. The maximum absolute atomic E-state index is 13.4. The van der Waals surface area contributed by atoms with Gasteiger partial charge in [-0.1, -0.05) is 30.3 Å². The van der Waals surface area contributed by atoms with E-state index in [4.69, 9.17) is 14.2 Å². The second-order valence-electron chi connectivity index (χ2n) is 8.64. The highest BCUT2D eigenvalue weighted by atomic mass is 79.9. The number of benzene rings is 3. The maximum Gasteiger partial charge on any atom is 0.295 e. The van der Waals surface area contributed by atoms with Gasteiger partial charge in [0.15, 0.2) is 23.0 Å². The van der Waals surface area contributed by atoms with Crippen molar-refractivity contribution in [3.8, 4) is 23.0 Å². The van der Waals surface area contributed by atoms with Crippen LogP contribution in [-0.2, 0) is 16.0 Å². The highest BCUT2D eigenvalue weighted by Gasteiger charge is 2.46. The Labute approximate surface area is 221 Å². The van der Waals surface area contributed by atoms with Crippen molar-refractivity contribution in [2.45, 2.75) is 12.5 Å². The number of phenolic OH excluding ortho intramolecular Hbond substituents is 1. The first-order valence-electron chi connectivity index (χ1n) is 11.7. The normalized spacial score (nSPS) is 18.2. The van der Waals surface area contributed by atoms with Crippen LogP contribution in [0.1, 0.15) is 22.7 Å². The number of aromatic hydroxyl groups is 1. The van der Waals surface area contributed by atoms with Crippen LogP contribution in [0, 0.1) is 0 Å². The molecule has 1 atom stereocenters. The van der Waals surface area contributed by atoms with Gasteiger partial charge in [0.2, 0.25) is 0 Å². The Morgan fingerprint density at radius 3 is 2.51 bits per heavy atom. The lowest BCUT2D eigenvalue weighted by molar-refractivity contribution is -0.139. The summed E-state index contributed by atoms with van der Waals surface area (Å²) in [7, 11) is 1.41. The number of ether oxygens (including phenoxy) is 3. The molecule has 8 nitrogen and oxygen atoms in total. The number of likely N-dealkylation sites (tertiary alicyclic amines) is 1. The minimum Gasteiger partial charge on any atom is -0.507 e. The number of methoxy groups -OCH3 is 1. The number of amides is 1. The third-order valence-corrected chi connectivity index (χ3v) is 7.03. The van der Waals surface area contributed by atoms with Gasteiger partial charge >= 0.3 is 0 Å². The van der Waals surface area contributed by atoms with Crippen molar-refractivity contribution >= 4 is 33.4 Å². The van der Waals surface area contributed by atoms with Gasteiger partial charge in [-0.05, 0) is 63.8 Å². The van der Waals surface area contributed by atoms with Gasteiger partial charge in [0.1, 0.15) is 19.0 Å². The fourth-order valence-corrected chi connectivity index (χ4v) is 5.06. The largest absolute Gasteiger partial charge is 0.507 e. The van der Waals surface area contributed by atoms with Gasteiger partial charge in [0.05, 0.1) is 23.2 Å². The molecule has 2 heterocycles. The van der Waals surface area contributed by atoms with Crippen LogP contribution in [0.3, 0.4) is 0 Å². The monoisotopic (exact) mass is 565 g/mol. The summed E-state index contributed by atoms with van der Waals surface area (Å²) in [6.07, 6.45) is 0.505. The zero-order valence-electron chi connectivity index (χ0n) is 19.9. The van der Waals surface area contributed by atoms with Crippen molar-refractivity contribution in [3.63, 3.8) is 0 Å². The summed E-state index contributed by atoms with van der Waals surface area (Å²) in [6.45, 7) is 1.02. The van der Waals surface area contributed by atoms with Gasteiger partial charge in [-0.3, -0.25) is 9.59 Å². The molecule has 0 radical (unpaired) electrons. The SMILES string of the molecule is COc1cc([C@@H]2/C(=C(\O)c3ccc4c(c3)OCCO4)C(=O)C(=O)N2CCc2ccccc2)cc(Br)c1O. The highest BCUT2D eigenvalue weighted by Crippen LogP contribution is 2.45. The summed E-state index contributed by atoms with van der Waals surface area (Å²) in [4.78, 5) is 28.1. The van der Waals surface area contributed by atoms with E-state index < -0.39 is 17.7 Å². The molecule has 3 aromatic carbocycles. The molecule has 1 saturated heterocycles. The Balaban J connectivity index is 1.63. The van der Waals surface area contributed by atoms with E-state index in [0.717, 1.165) is 5.56 Å². The average molecular weight is 566 g/mol. The lowest BCUT2D eigenvalue weighted by atomic mass is 9.94. The standard InChI is InChI=1S/C28H24BrNO7/c1-35-22-15-18(13-19(29)26(22)32)24-23(25(31)17-7-8-20-21(14-17)37-12-11-36-20)27(33)28(34)30(24)10-9-16-5-3-2-4-6-16/h2-8,13-15,24,31-32H,9-12H2,1H3/b25-23+/t24-/m1/s1. The average Bonchev–Trinajstić information content (AvgIpc) is 3.18. The molecular formula is C28H24BrNO7. The zero-order valence-corrected chi connectivity index (χ0v) is 21.5. The number of nitrogens with zero attached hydrogens (tertiary/aromatic N) is 1. The molecule has 2 N–H and O–H groups in total. The van der Waals surface area contributed by atoms with Gasteiger partial charge in [-0.2, -0.15) is 0 Å². The summed E-state index contributed by atoms with van der Waals surface area (Å²) < 4.78 is 16.8. The summed E-state index contributed by atoms with van der Waals surface area (Å²) in [5, 5.41) is 21.7. The molecule has 5 rings (SSSR count). The molecule has 2 aliphatic heterocycles. The Hall–Kier alpha value is -3.98. The van der Waals surface area contributed by atoms with E-state index in [2.05, 4.69) is 15.9 Å². The Morgan fingerprint density at radius 2 is 1.78 bits per heavy atom. The molecule has 0 spiro atoms.